The molecule has 0 fully saturated rings. The van der Waals surface area contributed by atoms with Crippen LogP contribution in [0.15, 0.2) is 34.9 Å². The number of hydrogen-bond acceptors (Lipinski definition) is 5. The summed E-state index contributed by atoms with van der Waals surface area (Å²) < 4.78 is 27.7. The van der Waals surface area contributed by atoms with Crippen LogP contribution < -0.4 is 5.32 Å². The fourth-order valence-electron chi connectivity index (χ4n) is 1.79. The molecule has 5 nitrogen and oxygen atoms in total. The first-order chi connectivity index (χ1) is 8.94. The van der Waals surface area contributed by atoms with E-state index in [1.807, 2.05) is 31.2 Å². The summed E-state index contributed by atoms with van der Waals surface area (Å²) in [6.07, 6.45) is 1.23. The predicted molar refractivity (Wildman–Crippen MR) is 73.6 cm³/mol. The minimum Gasteiger partial charge on any atom is -0.379 e. The van der Waals surface area contributed by atoms with Gasteiger partial charge in [-0.1, -0.05) is 23.4 Å². The molecule has 0 aliphatic rings. The van der Waals surface area contributed by atoms with Crippen molar-refractivity contribution in [1.29, 1.82) is 0 Å². The number of rotatable bonds is 5. The minimum atomic E-state index is -3.05. The Hall–Kier alpha value is -1.82. The Morgan fingerprint density at radius 1 is 1.32 bits per heavy atom. The maximum atomic E-state index is 11.4. The van der Waals surface area contributed by atoms with E-state index in [1.54, 1.807) is 6.07 Å². The van der Waals surface area contributed by atoms with Crippen LogP contribution in [0.2, 0.25) is 0 Å². The van der Waals surface area contributed by atoms with Crippen LogP contribution in [0.1, 0.15) is 17.0 Å². The SMILES string of the molecule is Cc1cc(CNc2ccccc2CS(C)(=O)=O)no1. The lowest BCUT2D eigenvalue weighted by atomic mass is 10.2. The van der Waals surface area contributed by atoms with Crippen molar-refractivity contribution in [2.24, 2.45) is 0 Å². The molecular formula is C13H16N2O3S. The topological polar surface area (TPSA) is 72.2 Å². The first-order valence-electron chi connectivity index (χ1n) is 5.86. The number of nitrogens with one attached hydrogen (secondary N) is 1. The number of sulfone groups is 1. The van der Waals surface area contributed by atoms with Crippen molar-refractivity contribution in [1.82, 2.24) is 5.16 Å². The lowest BCUT2D eigenvalue weighted by Gasteiger charge is -2.10. The number of nitrogens with zero attached hydrogens (tertiary/aromatic N) is 1. The van der Waals surface area contributed by atoms with Gasteiger partial charge in [0.1, 0.15) is 11.5 Å². The van der Waals surface area contributed by atoms with Gasteiger partial charge in [-0.25, -0.2) is 8.42 Å². The highest BCUT2D eigenvalue weighted by Gasteiger charge is 2.09. The van der Waals surface area contributed by atoms with Gasteiger partial charge in [0.2, 0.25) is 0 Å². The maximum Gasteiger partial charge on any atom is 0.151 e. The molecule has 0 aliphatic carbocycles. The first-order valence-corrected chi connectivity index (χ1v) is 7.92. The smallest absolute Gasteiger partial charge is 0.151 e. The van der Waals surface area contributed by atoms with Crippen LogP contribution in [0.3, 0.4) is 0 Å². The molecule has 0 bridgehead atoms. The zero-order chi connectivity index (χ0) is 13.9. The molecule has 1 aromatic heterocycles. The second-order valence-electron chi connectivity index (χ2n) is 4.51. The van der Waals surface area contributed by atoms with Gasteiger partial charge in [-0.05, 0) is 18.6 Å². The molecule has 19 heavy (non-hydrogen) atoms. The summed E-state index contributed by atoms with van der Waals surface area (Å²) in [5, 5.41) is 7.06. The van der Waals surface area contributed by atoms with Crippen LogP contribution in [0.5, 0.6) is 0 Å². The van der Waals surface area contributed by atoms with Crippen molar-refractivity contribution in [2.75, 3.05) is 11.6 Å². The largest absolute Gasteiger partial charge is 0.379 e. The Kier molecular flexibility index (Phi) is 3.90. The maximum absolute atomic E-state index is 11.4. The van der Waals surface area contributed by atoms with Crippen molar-refractivity contribution in [2.45, 2.75) is 19.2 Å². The zero-order valence-corrected chi connectivity index (χ0v) is 11.7. The van der Waals surface area contributed by atoms with E-state index in [0.29, 0.717) is 6.54 Å². The van der Waals surface area contributed by atoms with Crippen molar-refractivity contribution in [3.63, 3.8) is 0 Å². The fraction of sp³-hybridized carbons (Fsp3) is 0.308. The lowest BCUT2D eigenvalue weighted by molar-refractivity contribution is 0.391. The molecule has 0 atom stereocenters. The van der Waals surface area contributed by atoms with Crippen LogP contribution in [-0.4, -0.2) is 19.8 Å². The molecule has 1 heterocycles. The fourth-order valence-corrected chi connectivity index (χ4v) is 2.60. The van der Waals surface area contributed by atoms with E-state index in [9.17, 15) is 8.42 Å². The lowest BCUT2D eigenvalue weighted by Crippen LogP contribution is -2.06. The quantitative estimate of drug-likeness (QED) is 0.908. The third kappa shape index (κ3) is 4.10. The Bertz CT molecular complexity index is 662. The van der Waals surface area contributed by atoms with Crippen LogP contribution >= 0.6 is 0 Å². The normalized spacial score (nSPS) is 11.5. The van der Waals surface area contributed by atoms with E-state index < -0.39 is 9.84 Å². The Morgan fingerprint density at radius 3 is 2.68 bits per heavy atom. The van der Waals surface area contributed by atoms with E-state index in [2.05, 4.69) is 10.5 Å². The summed E-state index contributed by atoms with van der Waals surface area (Å²) in [5.41, 5.74) is 2.34. The van der Waals surface area contributed by atoms with E-state index in [-0.39, 0.29) is 5.75 Å². The van der Waals surface area contributed by atoms with Crippen LogP contribution in [0, 0.1) is 6.92 Å². The number of benzene rings is 1. The summed E-state index contributed by atoms with van der Waals surface area (Å²) >= 11 is 0. The second-order valence-corrected chi connectivity index (χ2v) is 6.65. The average molecular weight is 280 g/mol. The Morgan fingerprint density at radius 2 is 2.05 bits per heavy atom. The van der Waals surface area contributed by atoms with E-state index in [0.717, 1.165) is 22.7 Å². The highest BCUT2D eigenvalue weighted by molar-refractivity contribution is 7.89. The molecular weight excluding hydrogens is 264 g/mol. The molecule has 6 heteroatoms. The molecule has 0 saturated heterocycles. The predicted octanol–water partition coefficient (Wildman–Crippen LogP) is 2.14. The van der Waals surface area contributed by atoms with Crippen molar-refractivity contribution < 1.29 is 12.9 Å². The summed E-state index contributed by atoms with van der Waals surface area (Å²) in [4.78, 5) is 0. The summed E-state index contributed by atoms with van der Waals surface area (Å²) in [6, 6.07) is 9.19. The van der Waals surface area contributed by atoms with Crippen molar-refractivity contribution >= 4 is 15.5 Å². The second kappa shape index (κ2) is 5.44. The average Bonchev–Trinajstić information content (AvgIpc) is 2.72. The van der Waals surface area contributed by atoms with E-state index in [4.69, 9.17) is 4.52 Å². The van der Waals surface area contributed by atoms with Gasteiger partial charge in [-0.3, -0.25) is 0 Å². The van der Waals surface area contributed by atoms with Crippen molar-refractivity contribution in [3.8, 4) is 0 Å². The first kappa shape index (κ1) is 13.6. The molecule has 0 unspecified atom stereocenters. The standard InChI is InChI=1S/C13H16N2O3S/c1-10-7-12(15-18-10)8-14-13-6-4-3-5-11(13)9-19(2,16)17/h3-7,14H,8-9H2,1-2H3. The summed E-state index contributed by atoms with van der Waals surface area (Å²) in [7, 11) is -3.05. The number of hydrogen-bond donors (Lipinski definition) is 1. The van der Waals surface area contributed by atoms with Gasteiger partial charge in [0.05, 0.1) is 12.3 Å². The Labute approximate surface area is 112 Å². The molecule has 1 N–H and O–H groups in total. The minimum absolute atomic E-state index is 0.0218. The molecule has 0 aliphatic heterocycles. The van der Waals surface area contributed by atoms with Gasteiger partial charge in [0, 0.05) is 18.0 Å². The van der Waals surface area contributed by atoms with Gasteiger partial charge >= 0.3 is 0 Å². The monoisotopic (exact) mass is 280 g/mol. The van der Waals surface area contributed by atoms with Crippen LogP contribution in [0.4, 0.5) is 5.69 Å². The molecule has 2 rings (SSSR count). The van der Waals surface area contributed by atoms with Gasteiger partial charge in [-0.2, -0.15) is 0 Å². The molecule has 0 radical (unpaired) electrons. The number of para-hydroxylation sites is 1. The number of aryl methyl sites for hydroxylation is 1. The number of anilines is 1. The summed E-state index contributed by atoms with van der Waals surface area (Å²) in [5.74, 6) is 0.773. The third-order valence-electron chi connectivity index (χ3n) is 2.57. The zero-order valence-electron chi connectivity index (χ0n) is 10.9. The highest BCUT2D eigenvalue weighted by atomic mass is 32.2. The molecule has 1 aromatic carbocycles. The van der Waals surface area contributed by atoms with Gasteiger partial charge in [0.15, 0.2) is 9.84 Å². The molecule has 0 spiro atoms. The molecule has 0 saturated carbocycles. The summed E-state index contributed by atoms with van der Waals surface area (Å²) in [6.45, 7) is 2.33. The van der Waals surface area contributed by atoms with Crippen LogP contribution in [0.25, 0.3) is 0 Å². The van der Waals surface area contributed by atoms with Gasteiger partial charge < -0.3 is 9.84 Å². The van der Waals surface area contributed by atoms with Gasteiger partial charge in [0.25, 0.3) is 0 Å². The molecule has 0 amide bonds. The van der Waals surface area contributed by atoms with E-state index >= 15 is 0 Å². The molecule has 102 valence electrons. The molecule has 2 aromatic rings. The van der Waals surface area contributed by atoms with Crippen LogP contribution in [-0.2, 0) is 22.1 Å². The van der Waals surface area contributed by atoms with Crippen molar-refractivity contribution in [3.05, 3.63) is 47.3 Å². The van der Waals surface area contributed by atoms with E-state index in [1.165, 1.54) is 6.26 Å². The van der Waals surface area contributed by atoms with Gasteiger partial charge in [-0.15, -0.1) is 0 Å². The Balaban J connectivity index is 2.11. The third-order valence-corrected chi connectivity index (χ3v) is 3.41. The highest BCUT2D eigenvalue weighted by Crippen LogP contribution is 2.18. The number of aromatic nitrogens is 1.